The minimum absolute atomic E-state index is 0.265. The summed E-state index contributed by atoms with van der Waals surface area (Å²) in [6.45, 7) is 6.28. The average Bonchev–Trinajstić information content (AvgIpc) is 2.25. The Kier molecular flexibility index (Phi) is 5.05. The van der Waals surface area contributed by atoms with Gasteiger partial charge in [-0.25, -0.2) is 4.99 Å². The van der Waals surface area contributed by atoms with Crippen LogP contribution in [-0.2, 0) is 0 Å². The van der Waals surface area contributed by atoms with E-state index in [0.29, 0.717) is 0 Å². The second-order valence-corrected chi connectivity index (χ2v) is 3.94. The largest absolute Gasteiger partial charge is 0.385 e. The lowest BCUT2D eigenvalue weighted by Gasteiger charge is -2.22. The predicted octanol–water partition coefficient (Wildman–Crippen LogP) is 1.24. The number of nitrogens with zero attached hydrogens (tertiary/aromatic N) is 2. The van der Waals surface area contributed by atoms with Crippen molar-refractivity contribution in [3.63, 3.8) is 0 Å². The number of aliphatic imine (C=N–C) groups is 1. The molecule has 3 N–H and O–H groups in total. The quantitative estimate of drug-likeness (QED) is 0.737. The summed E-state index contributed by atoms with van der Waals surface area (Å²) in [6, 6.07) is 0. The molecule has 0 aromatic heterocycles. The highest BCUT2D eigenvalue weighted by molar-refractivity contribution is 5.89. The number of hydrogen-bond acceptors (Lipinski definition) is 4. The van der Waals surface area contributed by atoms with E-state index in [4.69, 9.17) is 5.73 Å². The third-order valence-corrected chi connectivity index (χ3v) is 2.44. The van der Waals surface area contributed by atoms with E-state index in [-0.39, 0.29) is 5.84 Å². The Morgan fingerprint density at radius 2 is 2.06 bits per heavy atom. The molecule has 0 saturated carbocycles. The fraction of sp³-hybridized carbons (Fsp3) is 0.583. The van der Waals surface area contributed by atoms with Crippen molar-refractivity contribution in [2.75, 3.05) is 13.1 Å². The molecular formula is C12H21N3O. The van der Waals surface area contributed by atoms with Crippen LogP contribution in [0.1, 0.15) is 26.7 Å². The molecule has 1 rings (SSSR count). The fourth-order valence-corrected chi connectivity index (χ4v) is 1.68. The first-order chi connectivity index (χ1) is 7.69. The standard InChI is InChI=1S/C12H21N3O/c1-3-7-15(8-4-2)9-10-5-6-14-12(13)11(10)16/h5-6,9,11,16H,3-4,7-8H2,1-2H3,(H2,13,14). The van der Waals surface area contributed by atoms with Crippen LogP contribution in [0.3, 0.4) is 0 Å². The number of hydrogen-bond donors (Lipinski definition) is 2. The van der Waals surface area contributed by atoms with Crippen molar-refractivity contribution < 1.29 is 5.11 Å². The van der Waals surface area contributed by atoms with Gasteiger partial charge in [0.15, 0.2) is 0 Å². The van der Waals surface area contributed by atoms with Crippen LogP contribution in [0.5, 0.6) is 0 Å². The molecule has 1 atom stereocenters. The van der Waals surface area contributed by atoms with E-state index < -0.39 is 6.10 Å². The Balaban J connectivity index is 2.73. The highest BCUT2D eigenvalue weighted by Crippen LogP contribution is 2.12. The Morgan fingerprint density at radius 3 is 2.62 bits per heavy atom. The van der Waals surface area contributed by atoms with Gasteiger partial charge in [0, 0.05) is 31.1 Å². The molecule has 0 amide bonds. The number of nitrogens with two attached hydrogens (primary N) is 1. The van der Waals surface area contributed by atoms with Crippen LogP contribution in [0.15, 0.2) is 29.0 Å². The smallest absolute Gasteiger partial charge is 0.137 e. The third kappa shape index (κ3) is 3.38. The van der Waals surface area contributed by atoms with Gasteiger partial charge in [-0.2, -0.15) is 0 Å². The van der Waals surface area contributed by atoms with Crippen LogP contribution >= 0.6 is 0 Å². The van der Waals surface area contributed by atoms with Gasteiger partial charge in [0.2, 0.25) is 0 Å². The summed E-state index contributed by atoms with van der Waals surface area (Å²) < 4.78 is 0. The lowest BCUT2D eigenvalue weighted by molar-refractivity contribution is 0.271. The molecule has 4 heteroatoms. The average molecular weight is 223 g/mol. The molecule has 0 radical (unpaired) electrons. The summed E-state index contributed by atoms with van der Waals surface area (Å²) in [7, 11) is 0. The van der Waals surface area contributed by atoms with Crippen molar-refractivity contribution in [2.24, 2.45) is 10.7 Å². The van der Waals surface area contributed by atoms with Crippen molar-refractivity contribution in [3.8, 4) is 0 Å². The van der Waals surface area contributed by atoms with Crippen LogP contribution in [0, 0.1) is 0 Å². The fourth-order valence-electron chi connectivity index (χ4n) is 1.68. The first-order valence-corrected chi connectivity index (χ1v) is 5.82. The molecule has 0 aromatic carbocycles. The molecule has 0 spiro atoms. The Bertz CT molecular complexity index is 301. The molecule has 0 bridgehead atoms. The molecule has 0 fully saturated rings. The Morgan fingerprint density at radius 1 is 1.44 bits per heavy atom. The zero-order valence-electron chi connectivity index (χ0n) is 10.1. The summed E-state index contributed by atoms with van der Waals surface area (Å²) in [5, 5.41) is 9.82. The minimum atomic E-state index is -0.763. The summed E-state index contributed by atoms with van der Waals surface area (Å²) >= 11 is 0. The van der Waals surface area contributed by atoms with Gasteiger partial charge in [-0.3, -0.25) is 0 Å². The van der Waals surface area contributed by atoms with Gasteiger partial charge < -0.3 is 15.7 Å². The molecular weight excluding hydrogens is 202 g/mol. The van der Waals surface area contributed by atoms with E-state index in [2.05, 4.69) is 23.7 Å². The molecule has 1 heterocycles. The van der Waals surface area contributed by atoms with E-state index in [1.165, 1.54) is 0 Å². The third-order valence-electron chi connectivity index (χ3n) is 2.44. The summed E-state index contributed by atoms with van der Waals surface area (Å²) in [4.78, 5) is 6.07. The first kappa shape index (κ1) is 12.8. The first-order valence-electron chi connectivity index (χ1n) is 5.82. The molecule has 16 heavy (non-hydrogen) atoms. The molecule has 0 saturated heterocycles. The molecule has 1 unspecified atom stereocenters. The summed E-state index contributed by atoms with van der Waals surface area (Å²) in [5.41, 5.74) is 6.40. The van der Waals surface area contributed by atoms with Crippen LogP contribution < -0.4 is 5.73 Å². The van der Waals surface area contributed by atoms with Gasteiger partial charge in [0.25, 0.3) is 0 Å². The highest BCUT2D eigenvalue weighted by atomic mass is 16.3. The zero-order valence-corrected chi connectivity index (χ0v) is 10.1. The van der Waals surface area contributed by atoms with Gasteiger partial charge in [0.05, 0.1) is 0 Å². The molecule has 90 valence electrons. The molecule has 0 aliphatic carbocycles. The summed E-state index contributed by atoms with van der Waals surface area (Å²) in [5.74, 6) is 0.265. The minimum Gasteiger partial charge on any atom is -0.385 e. The SMILES string of the molecule is CCCN(C=C1C=CN=C(N)C1O)CCC. The Hall–Kier alpha value is -1.29. The van der Waals surface area contributed by atoms with Crippen molar-refractivity contribution in [1.29, 1.82) is 0 Å². The van der Waals surface area contributed by atoms with E-state index in [1.54, 1.807) is 12.3 Å². The van der Waals surface area contributed by atoms with Gasteiger partial charge in [-0.1, -0.05) is 13.8 Å². The number of rotatable bonds is 5. The monoisotopic (exact) mass is 223 g/mol. The normalized spacial score (nSPS) is 22.3. The van der Waals surface area contributed by atoms with Crippen LogP contribution in [0.25, 0.3) is 0 Å². The van der Waals surface area contributed by atoms with E-state index in [9.17, 15) is 5.11 Å². The topological polar surface area (TPSA) is 61.8 Å². The number of aliphatic hydroxyl groups is 1. The van der Waals surface area contributed by atoms with E-state index in [1.807, 2.05) is 6.20 Å². The molecule has 1 aliphatic rings. The van der Waals surface area contributed by atoms with Crippen LogP contribution in [-0.4, -0.2) is 35.0 Å². The van der Waals surface area contributed by atoms with Crippen molar-refractivity contribution >= 4 is 5.84 Å². The number of aliphatic hydroxyl groups excluding tert-OH is 1. The maximum Gasteiger partial charge on any atom is 0.137 e. The van der Waals surface area contributed by atoms with Gasteiger partial charge in [0.1, 0.15) is 11.9 Å². The maximum absolute atomic E-state index is 9.82. The second kappa shape index (κ2) is 6.33. The molecule has 0 aromatic rings. The molecule has 1 aliphatic heterocycles. The highest BCUT2D eigenvalue weighted by Gasteiger charge is 2.16. The lowest BCUT2D eigenvalue weighted by Crippen LogP contribution is -2.32. The number of amidine groups is 1. The van der Waals surface area contributed by atoms with Crippen molar-refractivity contribution in [2.45, 2.75) is 32.8 Å². The zero-order chi connectivity index (χ0) is 12.0. The second-order valence-electron chi connectivity index (χ2n) is 3.94. The Labute approximate surface area is 97.2 Å². The van der Waals surface area contributed by atoms with Gasteiger partial charge >= 0.3 is 0 Å². The maximum atomic E-state index is 9.82. The van der Waals surface area contributed by atoms with Gasteiger partial charge in [-0.15, -0.1) is 0 Å². The van der Waals surface area contributed by atoms with Gasteiger partial charge in [-0.05, 0) is 18.9 Å². The van der Waals surface area contributed by atoms with Crippen LogP contribution in [0.2, 0.25) is 0 Å². The van der Waals surface area contributed by atoms with Crippen molar-refractivity contribution in [3.05, 3.63) is 24.0 Å². The lowest BCUT2D eigenvalue weighted by atomic mass is 10.1. The van der Waals surface area contributed by atoms with E-state index >= 15 is 0 Å². The van der Waals surface area contributed by atoms with E-state index in [0.717, 1.165) is 31.5 Å². The summed E-state index contributed by atoms with van der Waals surface area (Å²) in [6.07, 6.45) is 6.83. The predicted molar refractivity (Wildman–Crippen MR) is 67.0 cm³/mol. The van der Waals surface area contributed by atoms with Crippen LogP contribution in [0.4, 0.5) is 0 Å². The molecule has 4 nitrogen and oxygen atoms in total. The van der Waals surface area contributed by atoms with Crippen molar-refractivity contribution in [1.82, 2.24) is 4.90 Å².